The minimum absolute atomic E-state index is 0.0104. The van der Waals surface area contributed by atoms with Gasteiger partial charge in [-0.2, -0.15) is 0 Å². The highest BCUT2D eigenvalue weighted by Gasteiger charge is 2.27. The van der Waals surface area contributed by atoms with E-state index in [1.54, 1.807) is 0 Å². The van der Waals surface area contributed by atoms with Crippen LogP contribution in [0.15, 0.2) is 182 Å². The Bertz CT molecular complexity index is 2000. The lowest BCUT2D eigenvalue weighted by Gasteiger charge is -2.24. The molecule has 9 nitrogen and oxygen atoms in total. The number of unbranched alkanes of at least 4 members (excludes halogenated alkanes) is 9. The average molecular weight is 1130 g/mol. The Morgan fingerprint density at radius 2 is 0.675 bits per heavy atom. The number of rotatable bonds is 53. The van der Waals surface area contributed by atoms with E-state index in [1.165, 1.54) is 0 Å². The number of likely N-dealkylation sites (N-methyl/N-ethyl adjacent to an activating group) is 1. The molecule has 1 N–H and O–H groups in total. The second-order valence-electron chi connectivity index (χ2n) is 20.6. The van der Waals surface area contributed by atoms with Gasteiger partial charge in [-0.15, -0.1) is 0 Å². The zero-order valence-corrected chi connectivity index (χ0v) is 51.6. The van der Waals surface area contributed by atoms with Gasteiger partial charge in [-0.1, -0.05) is 228 Å². The lowest BCUT2D eigenvalue weighted by Crippen LogP contribution is -2.37. The molecule has 0 heterocycles. The summed E-state index contributed by atoms with van der Waals surface area (Å²) >= 11 is 0. The van der Waals surface area contributed by atoms with Crippen LogP contribution < -0.4 is 0 Å². The molecule has 0 rings (SSSR count). The van der Waals surface area contributed by atoms with Crippen LogP contribution in [0, 0.1) is 0 Å². The Balaban J connectivity index is 4.33. The summed E-state index contributed by atoms with van der Waals surface area (Å²) in [6, 6.07) is 0. The van der Waals surface area contributed by atoms with E-state index in [4.69, 9.17) is 18.5 Å². The Morgan fingerprint density at radius 1 is 0.388 bits per heavy atom. The van der Waals surface area contributed by atoms with Crippen LogP contribution in [0.4, 0.5) is 0 Å². The fourth-order valence-electron chi connectivity index (χ4n) is 7.30. The minimum Gasteiger partial charge on any atom is -0.462 e. The third kappa shape index (κ3) is 62.3. The van der Waals surface area contributed by atoms with Crippen molar-refractivity contribution in [3.8, 4) is 0 Å². The number of quaternary nitrogens is 1. The number of phosphoric ester groups is 1. The van der Waals surface area contributed by atoms with Crippen LogP contribution in [0.5, 0.6) is 0 Å². The molecule has 2 unspecified atom stereocenters. The molecule has 0 aliphatic rings. The van der Waals surface area contributed by atoms with Crippen molar-refractivity contribution < 1.29 is 42.1 Å². The van der Waals surface area contributed by atoms with Crippen molar-refractivity contribution in [1.82, 2.24) is 0 Å². The van der Waals surface area contributed by atoms with Gasteiger partial charge in [0.2, 0.25) is 0 Å². The molecule has 2 atom stereocenters. The van der Waals surface area contributed by atoms with Gasteiger partial charge >= 0.3 is 19.8 Å². The molecule has 0 spiro atoms. The van der Waals surface area contributed by atoms with Crippen molar-refractivity contribution in [3.63, 3.8) is 0 Å². The van der Waals surface area contributed by atoms with Gasteiger partial charge in [-0.05, 0) is 135 Å². The number of carbonyl (C=O) groups excluding carboxylic acids is 2. The molecule has 0 aromatic carbocycles. The number of nitrogens with zero attached hydrogens (tertiary/aromatic N) is 1. The molecule has 10 heteroatoms. The zero-order chi connectivity index (χ0) is 58.4. The van der Waals surface area contributed by atoms with E-state index in [0.29, 0.717) is 23.9 Å². The molecule has 0 saturated carbocycles. The second-order valence-corrected chi connectivity index (χ2v) is 22.1. The maximum atomic E-state index is 12.8. The summed E-state index contributed by atoms with van der Waals surface area (Å²) < 4.78 is 34.5. The molecule has 80 heavy (non-hydrogen) atoms. The van der Waals surface area contributed by atoms with Gasteiger partial charge in [0.05, 0.1) is 27.7 Å². The van der Waals surface area contributed by atoms with E-state index in [2.05, 4.69) is 196 Å². The molecule has 0 amide bonds. The molecule has 0 fully saturated rings. The second kappa shape index (κ2) is 58.8. The van der Waals surface area contributed by atoms with E-state index in [-0.39, 0.29) is 26.1 Å². The highest BCUT2D eigenvalue weighted by molar-refractivity contribution is 7.47. The standard InChI is InChI=1S/C70H110NO8P/c1-6-8-10-12-14-16-18-20-22-24-26-28-30-32-33-34-35-36-37-39-41-43-45-47-49-51-53-55-57-59-61-63-70(73)79-68(67-78-80(74,75)77-65-64-71(3,4)5)66-76-69(72)62-60-58-56-54-52-50-48-46-44-42-40-38-31-29-27-25-23-21-19-17-15-13-11-9-7-2/h8-11,14-17,20-23,26-29,32-33,35-36,38-41,44-47,51,53,68H,6-7,12-13,18-19,24-25,30-31,34,37,42-43,48-50,52,54-67H2,1-5H3/p+1/b10-8-,11-9-,16-14-,17-15-,22-20-,23-21-,28-26-,29-27-,33-32-,36-35-,40-38-,41-39-,46-44-,47-45-,53-51-. The van der Waals surface area contributed by atoms with Crippen LogP contribution in [-0.4, -0.2) is 74.9 Å². The zero-order valence-electron chi connectivity index (χ0n) is 50.7. The first-order valence-electron chi connectivity index (χ1n) is 30.5. The number of esters is 2. The van der Waals surface area contributed by atoms with Crippen LogP contribution in [-0.2, 0) is 32.7 Å². The van der Waals surface area contributed by atoms with E-state index in [9.17, 15) is 19.0 Å². The number of allylic oxidation sites excluding steroid dienone is 30. The Kier molecular flexibility index (Phi) is 55.2. The quantitative estimate of drug-likeness (QED) is 0.0211. The van der Waals surface area contributed by atoms with Crippen molar-refractivity contribution in [2.75, 3.05) is 47.5 Å². The van der Waals surface area contributed by atoms with Crippen LogP contribution in [0.1, 0.15) is 194 Å². The Hall–Kier alpha value is -4.89. The molecular formula is C70H111NO8P+. The summed E-state index contributed by atoms with van der Waals surface area (Å²) in [5.74, 6) is -0.871. The van der Waals surface area contributed by atoms with Gasteiger partial charge in [0, 0.05) is 12.8 Å². The molecule has 0 aliphatic heterocycles. The summed E-state index contributed by atoms with van der Waals surface area (Å²) in [5.41, 5.74) is 0. The SMILES string of the molecule is CC/C=C\C/C=C\C/C=C\C/C=C\C/C=C\C/C=C\C/C=C\C/C=C\C/C=C\CCCCCC(=O)OC(COC(=O)CCCCCCCC/C=C\C/C=C\C/C=C\C/C=C\C/C=C\C/C=C\CC)COP(=O)(O)OCC[N+](C)(C)C. The van der Waals surface area contributed by atoms with E-state index in [1.807, 2.05) is 21.1 Å². The summed E-state index contributed by atoms with van der Waals surface area (Å²) in [6.07, 6.45) is 91.0. The van der Waals surface area contributed by atoms with Crippen molar-refractivity contribution in [1.29, 1.82) is 0 Å². The topological polar surface area (TPSA) is 108 Å². The highest BCUT2D eigenvalue weighted by Crippen LogP contribution is 2.43. The predicted octanol–water partition coefficient (Wildman–Crippen LogP) is 19.6. The third-order valence-corrected chi connectivity index (χ3v) is 12.9. The van der Waals surface area contributed by atoms with Crippen LogP contribution in [0.2, 0.25) is 0 Å². The molecule has 0 aromatic heterocycles. The van der Waals surface area contributed by atoms with Gasteiger partial charge in [0.1, 0.15) is 19.8 Å². The van der Waals surface area contributed by atoms with Crippen molar-refractivity contribution in [2.45, 2.75) is 200 Å². The maximum absolute atomic E-state index is 12.8. The lowest BCUT2D eigenvalue weighted by atomic mass is 10.1. The van der Waals surface area contributed by atoms with E-state index in [0.717, 1.165) is 154 Å². The number of hydrogen-bond donors (Lipinski definition) is 1. The first-order chi connectivity index (χ1) is 39.0. The predicted molar refractivity (Wildman–Crippen MR) is 343 cm³/mol. The van der Waals surface area contributed by atoms with Crippen molar-refractivity contribution >= 4 is 19.8 Å². The van der Waals surface area contributed by atoms with E-state index >= 15 is 0 Å². The normalized spacial score (nSPS) is 14.5. The minimum atomic E-state index is -4.42. The fraction of sp³-hybridized carbons (Fsp3) is 0.543. The molecule has 448 valence electrons. The number of carbonyl (C=O) groups is 2. The number of hydrogen-bond acceptors (Lipinski definition) is 7. The molecule has 0 aromatic rings. The Morgan fingerprint density at radius 3 is 1.01 bits per heavy atom. The van der Waals surface area contributed by atoms with Crippen LogP contribution in [0.25, 0.3) is 0 Å². The number of phosphoric acid groups is 1. The van der Waals surface area contributed by atoms with Crippen molar-refractivity contribution in [2.24, 2.45) is 0 Å². The lowest BCUT2D eigenvalue weighted by molar-refractivity contribution is -0.870. The maximum Gasteiger partial charge on any atom is 0.472 e. The van der Waals surface area contributed by atoms with E-state index < -0.39 is 32.5 Å². The Labute approximate surface area is 489 Å². The highest BCUT2D eigenvalue weighted by atomic mass is 31.2. The van der Waals surface area contributed by atoms with Crippen LogP contribution in [0.3, 0.4) is 0 Å². The fourth-order valence-corrected chi connectivity index (χ4v) is 8.04. The summed E-state index contributed by atoms with van der Waals surface area (Å²) in [5, 5.41) is 0. The molecule has 0 radical (unpaired) electrons. The van der Waals surface area contributed by atoms with Gasteiger partial charge in [0.25, 0.3) is 0 Å². The van der Waals surface area contributed by atoms with Gasteiger partial charge in [-0.25, -0.2) is 4.57 Å². The van der Waals surface area contributed by atoms with Gasteiger partial charge < -0.3 is 18.9 Å². The molecule has 0 aliphatic carbocycles. The summed E-state index contributed by atoms with van der Waals surface area (Å²) in [7, 11) is 1.41. The average Bonchev–Trinajstić information content (AvgIpc) is 3.42. The molecular weight excluding hydrogens is 1010 g/mol. The first kappa shape index (κ1) is 75.1. The first-order valence-corrected chi connectivity index (χ1v) is 32.0. The monoisotopic (exact) mass is 1120 g/mol. The molecule has 0 saturated heterocycles. The smallest absolute Gasteiger partial charge is 0.462 e. The van der Waals surface area contributed by atoms with Crippen molar-refractivity contribution in [3.05, 3.63) is 182 Å². The summed E-state index contributed by atoms with van der Waals surface area (Å²) in [4.78, 5) is 35.7. The molecule has 0 bridgehead atoms. The van der Waals surface area contributed by atoms with Gasteiger partial charge in [0.15, 0.2) is 6.10 Å². The number of ether oxygens (including phenoxy) is 2. The third-order valence-electron chi connectivity index (χ3n) is 11.9. The van der Waals surface area contributed by atoms with Crippen LogP contribution >= 0.6 is 7.82 Å². The van der Waals surface area contributed by atoms with Gasteiger partial charge in [-0.3, -0.25) is 18.6 Å². The largest absolute Gasteiger partial charge is 0.472 e. The summed E-state index contributed by atoms with van der Waals surface area (Å²) in [6.45, 7) is 4.11.